The Morgan fingerprint density at radius 3 is 2.73 bits per heavy atom. The number of carbonyl (C=O) groups is 1. The second-order valence-electron chi connectivity index (χ2n) is 7.58. The van der Waals surface area contributed by atoms with Crippen LogP contribution in [0.3, 0.4) is 0 Å². The number of anilines is 1. The van der Waals surface area contributed by atoms with Crippen molar-refractivity contribution in [3.8, 4) is 0 Å². The Morgan fingerprint density at radius 1 is 1.27 bits per heavy atom. The molecule has 3 N–H and O–H groups in total. The van der Waals surface area contributed by atoms with Crippen LogP contribution in [0, 0.1) is 5.92 Å². The van der Waals surface area contributed by atoms with Gasteiger partial charge in [-0.25, -0.2) is 4.98 Å². The second kappa shape index (κ2) is 7.21. The van der Waals surface area contributed by atoms with Crippen molar-refractivity contribution in [1.82, 2.24) is 9.88 Å². The van der Waals surface area contributed by atoms with Crippen LogP contribution in [0.4, 0.5) is 5.82 Å². The van der Waals surface area contributed by atoms with Gasteiger partial charge in [0.15, 0.2) is 0 Å². The average Bonchev–Trinajstić information content (AvgIpc) is 3.40. The van der Waals surface area contributed by atoms with Crippen molar-refractivity contribution in [3.63, 3.8) is 0 Å². The van der Waals surface area contributed by atoms with Crippen LogP contribution in [0.1, 0.15) is 31.2 Å². The van der Waals surface area contributed by atoms with Gasteiger partial charge in [-0.15, -0.1) is 0 Å². The van der Waals surface area contributed by atoms with Gasteiger partial charge in [0.2, 0.25) is 0 Å². The molecule has 0 atom stereocenters. The lowest BCUT2D eigenvalue weighted by Crippen LogP contribution is -2.52. The van der Waals surface area contributed by atoms with E-state index < -0.39 is 5.97 Å². The summed E-state index contributed by atoms with van der Waals surface area (Å²) in [4.78, 5) is 17.9. The van der Waals surface area contributed by atoms with Crippen molar-refractivity contribution < 1.29 is 15.0 Å². The largest absolute Gasteiger partial charge is 0.480 e. The second-order valence-corrected chi connectivity index (χ2v) is 7.58. The monoisotopic (exact) mass is 355 g/mol. The minimum absolute atomic E-state index is 0.0524. The molecule has 0 saturated heterocycles. The van der Waals surface area contributed by atoms with E-state index in [0.29, 0.717) is 12.0 Å². The zero-order chi connectivity index (χ0) is 18.1. The van der Waals surface area contributed by atoms with Crippen LogP contribution in [0.2, 0.25) is 0 Å². The topological polar surface area (TPSA) is 85.7 Å². The normalized spacial score (nSPS) is 22.4. The predicted molar refractivity (Wildman–Crippen MR) is 100 cm³/mol. The first-order valence-corrected chi connectivity index (χ1v) is 9.34. The maximum Gasteiger partial charge on any atom is 0.317 e. The zero-order valence-electron chi connectivity index (χ0n) is 14.8. The van der Waals surface area contributed by atoms with Gasteiger partial charge in [-0.2, -0.15) is 0 Å². The Morgan fingerprint density at radius 2 is 2.04 bits per heavy atom. The number of nitrogens with one attached hydrogen (secondary N) is 1. The molecular formula is C20H25N3O3. The molecule has 1 heterocycles. The lowest BCUT2D eigenvalue weighted by molar-refractivity contribution is -0.139. The number of para-hydroxylation sites is 1. The van der Waals surface area contributed by atoms with Crippen LogP contribution in [0.25, 0.3) is 10.9 Å². The fourth-order valence-corrected chi connectivity index (χ4v) is 3.75. The van der Waals surface area contributed by atoms with Gasteiger partial charge >= 0.3 is 5.97 Å². The van der Waals surface area contributed by atoms with Crippen molar-refractivity contribution >= 4 is 22.7 Å². The van der Waals surface area contributed by atoms with Gasteiger partial charge in [-0.3, -0.25) is 9.69 Å². The number of benzene rings is 1. The summed E-state index contributed by atoms with van der Waals surface area (Å²) < 4.78 is 0. The number of fused-ring (bicyclic) bond motifs is 1. The predicted octanol–water partition coefficient (Wildman–Crippen LogP) is 2.47. The molecule has 0 radical (unpaired) electrons. The average molecular weight is 355 g/mol. The van der Waals surface area contributed by atoms with Gasteiger partial charge in [0.1, 0.15) is 5.82 Å². The third-order valence-electron chi connectivity index (χ3n) is 5.47. The van der Waals surface area contributed by atoms with E-state index in [1.54, 1.807) is 0 Å². The molecule has 4 rings (SSSR count). The van der Waals surface area contributed by atoms with Gasteiger partial charge < -0.3 is 15.5 Å². The number of aliphatic hydroxyl groups is 1. The van der Waals surface area contributed by atoms with Gasteiger partial charge in [0, 0.05) is 29.6 Å². The van der Waals surface area contributed by atoms with Crippen molar-refractivity contribution in [2.75, 3.05) is 18.4 Å². The Hall–Kier alpha value is -2.18. The fourth-order valence-electron chi connectivity index (χ4n) is 3.75. The van der Waals surface area contributed by atoms with Crippen molar-refractivity contribution in [1.29, 1.82) is 0 Å². The number of nitrogens with zero attached hydrogens (tertiary/aromatic N) is 2. The Labute approximate surface area is 152 Å². The number of hydrogen-bond donors (Lipinski definition) is 3. The van der Waals surface area contributed by atoms with E-state index >= 15 is 0 Å². The Bertz CT molecular complexity index is 800. The molecule has 2 aliphatic rings. The van der Waals surface area contributed by atoms with E-state index in [0.717, 1.165) is 41.7 Å². The SMILES string of the molecule is O=C(O)CN(CC1CC1)C1CC(Nc2nc3ccccc3cc2CO)C1. The summed E-state index contributed by atoms with van der Waals surface area (Å²) in [6.45, 7) is 0.979. The highest BCUT2D eigenvalue weighted by Gasteiger charge is 2.37. The fraction of sp³-hybridized carbons (Fsp3) is 0.500. The van der Waals surface area contributed by atoms with Crippen LogP contribution in [-0.2, 0) is 11.4 Å². The quantitative estimate of drug-likeness (QED) is 0.674. The zero-order valence-corrected chi connectivity index (χ0v) is 14.8. The maximum atomic E-state index is 11.1. The highest BCUT2D eigenvalue weighted by Crippen LogP contribution is 2.35. The smallest absolute Gasteiger partial charge is 0.317 e. The molecule has 0 bridgehead atoms. The van der Waals surface area contributed by atoms with E-state index in [4.69, 9.17) is 5.11 Å². The van der Waals surface area contributed by atoms with E-state index in [-0.39, 0.29) is 19.2 Å². The van der Waals surface area contributed by atoms with Gasteiger partial charge in [0.05, 0.1) is 18.7 Å². The van der Waals surface area contributed by atoms with Gasteiger partial charge in [-0.1, -0.05) is 18.2 Å². The third-order valence-corrected chi connectivity index (χ3v) is 5.47. The Kier molecular flexibility index (Phi) is 4.78. The molecule has 26 heavy (non-hydrogen) atoms. The highest BCUT2D eigenvalue weighted by molar-refractivity contribution is 5.81. The molecule has 0 spiro atoms. The molecule has 2 fully saturated rings. The van der Waals surface area contributed by atoms with Crippen molar-refractivity contribution in [3.05, 3.63) is 35.9 Å². The molecule has 6 nitrogen and oxygen atoms in total. The first-order valence-electron chi connectivity index (χ1n) is 9.34. The van der Waals surface area contributed by atoms with E-state index in [9.17, 15) is 9.90 Å². The molecule has 1 aromatic heterocycles. The van der Waals surface area contributed by atoms with Crippen molar-refractivity contribution in [2.45, 2.75) is 44.4 Å². The molecule has 0 amide bonds. The van der Waals surface area contributed by atoms with Crippen LogP contribution in [0.15, 0.2) is 30.3 Å². The summed E-state index contributed by atoms with van der Waals surface area (Å²) in [6.07, 6.45) is 4.29. The number of aromatic nitrogens is 1. The first kappa shape index (κ1) is 17.2. The van der Waals surface area contributed by atoms with E-state index in [1.165, 1.54) is 12.8 Å². The molecule has 2 saturated carbocycles. The number of pyridine rings is 1. The van der Waals surface area contributed by atoms with Gasteiger partial charge in [-0.05, 0) is 43.7 Å². The first-order chi connectivity index (χ1) is 12.6. The van der Waals surface area contributed by atoms with Crippen LogP contribution in [0.5, 0.6) is 0 Å². The number of carboxylic acid groups (broad SMARTS) is 1. The summed E-state index contributed by atoms with van der Waals surface area (Å²) >= 11 is 0. The summed E-state index contributed by atoms with van der Waals surface area (Å²) in [5.74, 6) is 0.673. The molecule has 6 heteroatoms. The van der Waals surface area contributed by atoms with E-state index in [2.05, 4.69) is 15.2 Å². The lowest BCUT2D eigenvalue weighted by atomic mass is 9.85. The lowest BCUT2D eigenvalue weighted by Gasteiger charge is -2.43. The van der Waals surface area contributed by atoms with Gasteiger partial charge in [0.25, 0.3) is 0 Å². The summed E-state index contributed by atoms with van der Waals surface area (Å²) in [6, 6.07) is 10.5. The molecular weight excluding hydrogens is 330 g/mol. The number of aliphatic carboxylic acids is 1. The van der Waals surface area contributed by atoms with Crippen molar-refractivity contribution in [2.24, 2.45) is 5.92 Å². The molecule has 0 unspecified atom stereocenters. The number of carboxylic acids is 1. The molecule has 2 aromatic rings. The molecule has 2 aliphatic carbocycles. The molecule has 1 aromatic carbocycles. The third kappa shape index (κ3) is 3.81. The minimum Gasteiger partial charge on any atom is -0.480 e. The molecule has 138 valence electrons. The molecule has 0 aliphatic heterocycles. The number of hydrogen-bond acceptors (Lipinski definition) is 5. The summed E-state index contributed by atoms with van der Waals surface area (Å²) in [7, 11) is 0. The van der Waals surface area contributed by atoms with E-state index in [1.807, 2.05) is 30.3 Å². The summed E-state index contributed by atoms with van der Waals surface area (Å²) in [5.41, 5.74) is 1.71. The standard InChI is InChI=1S/C20H25N3O3/c24-12-15-7-14-3-1-2-4-18(14)22-20(15)21-16-8-17(9-16)23(11-19(25)26)10-13-5-6-13/h1-4,7,13,16-17,24H,5-6,8-12H2,(H,21,22)(H,25,26). The van der Waals surface area contributed by atoms with Crippen LogP contribution < -0.4 is 5.32 Å². The highest BCUT2D eigenvalue weighted by atomic mass is 16.4. The van der Waals surface area contributed by atoms with Crippen LogP contribution in [-0.4, -0.2) is 51.2 Å². The van der Waals surface area contributed by atoms with Crippen LogP contribution >= 0.6 is 0 Å². The number of aliphatic hydroxyl groups excluding tert-OH is 1. The Balaban J connectivity index is 1.41. The minimum atomic E-state index is -0.749. The number of rotatable bonds is 8. The maximum absolute atomic E-state index is 11.1. The summed E-state index contributed by atoms with van der Waals surface area (Å²) in [5, 5.41) is 23.3.